The fourth-order valence-electron chi connectivity index (χ4n) is 4.64. The van der Waals surface area contributed by atoms with Crippen molar-refractivity contribution in [2.75, 3.05) is 0 Å². The Balaban J connectivity index is 2.17. The van der Waals surface area contributed by atoms with E-state index in [-0.39, 0.29) is 45.0 Å². The van der Waals surface area contributed by atoms with Crippen LogP contribution < -0.4 is 0 Å². The van der Waals surface area contributed by atoms with Crippen molar-refractivity contribution in [1.29, 1.82) is 21.0 Å². The lowest BCUT2D eigenvalue weighted by molar-refractivity contribution is 1.42. The molecule has 0 aromatic heterocycles. The molecule has 0 aliphatic heterocycles. The van der Waals surface area contributed by atoms with Gasteiger partial charge in [0.15, 0.2) is 5.69 Å². The smallest absolute Gasteiger partial charge is 0.238 e. The Morgan fingerprint density at radius 1 is 0.643 bits per heavy atom. The summed E-state index contributed by atoms with van der Waals surface area (Å²) in [6, 6.07) is 20.8. The largest absolute Gasteiger partial charge is 0.269 e. The van der Waals surface area contributed by atoms with Crippen LogP contribution in [0.1, 0.15) is 16.7 Å². The summed E-state index contributed by atoms with van der Waals surface area (Å²) in [7, 11) is 0. The second-order valence-electron chi connectivity index (χ2n) is 8.52. The molecule has 8 heteroatoms. The van der Waals surface area contributed by atoms with Crippen molar-refractivity contribution < 1.29 is 0 Å². The highest BCUT2D eigenvalue weighted by Gasteiger charge is 2.31. The van der Waals surface area contributed by atoms with Gasteiger partial charge in [-0.05, 0) is 57.2 Å². The van der Waals surface area contributed by atoms with E-state index in [0.29, 0.717) is 33.5 Å². The molecule has 0 fully saturated rings. The molecule has 0 amide bonds. The molecule has 0 saturated heterocycles. The number of hydrogen-bond acceptors (Lipinski definition) is 4. The van der Waals surface area contributed by atoms with Gasteiger partial charge in [0.05, 0.1) is 61.7 Å². The van der Waals surface area contributed by atoms with Crippen LogP contribution in [0.5, 0.6) is 0 Å². The van der Waals surface area contributed by atoms with E-state index in [1.807, 2.05) is 18.2 Å². The van der Waals surface area contributed by atoms with Gasteiger partial charge in [-0.3, -0.25) is 0 Å². The van der Waals surface area contributed by atoms with E-state index in [0.717, 1.165) is 0 Å². The summed E-state index contributed by atoms with van der Waals surface area (Å²) in [6.45, 7) is 30.8. The molecule has 2 aromatic carbocycles. The van der Waals surface area contributed by atoms with Crippen LogP contribution in [-0.4, -0.2) is 0 Å². The van der Waals surface area contributed by atoms with Crippen molar-refractivity contribution in [2.45, 2.75) is 0 Å². The van der Waals surface area contributed by atoms with Crippen LogP contribution in [0, 0.1) is 71.6 Å². The van der Waals surface area contributed by atoms with Gasteiger partial charge in [-0.15, -0.1) is 0 Å². The molecule has 8 nitrogen and oxygen atoms in total. The molecule has 0 saturated carbocycles. The van der Waals surface area contributed by atoms with Gasteiger partial charge in [0, 0.05) is 5.57 Å². The molecule has 2 aliphatic rings. The summed E-state index contributed by atoms with van der Waals surface area (Å²) in [5, 5.41) is 39.5. The molecule has 4 rings (SSSR count). The average molecular weight is 533 g/mol. The Bertz CT molecular complexity index is 2120. The van der Waals surface area contributed by atoms with Gasteiger partial charge >= 0.3 is 0 Å². The van der Waals surface area contributed by atoms with E-state index in [4.69, 9.17) is 26.3 Å². The summed E-state index contributed by atoms with van der Waals surface area (Å²) in [5.74, 6) is 0. The van der Waals surface area contributed by atoms with E-state index in [1.165, 1.54) is 30.4 Å². The van der Waals surface area contributed by atoms with E-state index in [1.54, 1.807) is 42.5 Å². The highest BCUT2D eigenvalue weighted by Crippen LogP contribution is 2.48. The molecular weight excluding hydrogens is 520 g/mol. The van der Waals surface area contributed by atoms with Crippen molar-refractivity contribution >= 4 is 16.8 Å². The minimum atomic E-state index is -0.327. The predicted molar refractivity (Wildman–Crippen MR) is 154 cm³/mol. The predicted octanol–water partition coefficient (Wildman–Crippen LogP) is 7.55. The highest BCUT2D eigenvalue weighted by atomic mass is 14.7. The van der Waals surface area contributed by atoms with Gasteiger partial charge in [0.2, 0.25) is 5.70 Å². The zero-order valence-electron chi connectivity index (χ0n) is 21.5. The van der Waals surface area contributed by atoms with E-state index < -0.39 is 0 Å². The average Bonchev–Trinajstić information content (AvgIpc) is 3.37. The van der Waals surface area contributed by atoms with Gasteiger partial charge in [-0.1, -0.05) is 54.6 Å². The third-order valence-electron chi connectivity index (χ3n) is 6.38. The number of rotatable bonds is 2. The molecule has 2 aliphatic carbocycles. The molecular formula is C34H12N8. The lowest BCUT2D eigenvalue weighted by Crippen LogP contribution is -1.97. The number of hydrogen-bond donors (Lipinski definition) is 0. The minimum Gasteiger partial charge on any atom is -0.238 e. The lowest BCUT2D eigenvalue weighted by atomic mass is 9.89. The first kappa shape index (κ1) is 27.6. The molecule has 0 N–H and O–H groups in total. The summed E-state index contributed by atoms with van der Waals surface area (Å²) >= 11 is 0. The van der Waals surface area contributed by atoms with Crippen LogP contribution >= 0.6 is 0 Å². The van der Waals surface area contributed by atoms with Crippen LogP contribution in [0.4, 0.5) is 5.69 Å². The fourth-order valence-corrected chi connectivity index (χ4v) is 4.64. The first-order chi connectivity index (χ1) is 20.5. The number of allylic oxidation sites excluding steroid dienone is 12. The third-order valence-corrected chi connectivity index (χ3v) is 6.38. The maximum Gasteiger partial charge on any atom is 0.269 e. The van der Waals surface area contributed by atoms with Crippen molar-refractivity contribution in [3.8, 4) is 24.3 Å². The Hall–Kier alpha value is -7.46. The van der Waals surface area contributed by atoms with Gasteiger partial charge in [0.1, 0.15) is 0 Å². The molecule has 0 bridgehead atoms. The molecule has 0 spiro atoms. The first-order valence-electron chi connectivity index (χ1n) is 11.9. The van der Waals surface area contributed by atoms with Gasteiger partial charge < -0.3 is 0 Å². The van der Waals surface area contributed by atoms with Crippen LogP contribution in [0.3, 0.4) is 0 Å². The normalized spacial score (nSPS) is 19.2. The Labute approximate surface area is 242 Å². The molecule has 0 heterocycles. The topological polar surface area (TPSA) is 113 Å². The van der Waals surface area contributed by atoms with Crippen molar-refractivity contribution in [3.05, 3.63) is 180 Å². The van der Waals surface area contributed by atoms with Crippen LogP contribution in [0.2, 0.25) is 0 Å². The second-order valence-corrected chi connectivity index (χ2v) is 8.52. The molecule has 0 atom stereocenters. The van der Waals surface area contributed by atoms with Crippen molar-refractivity contribution in [1.82, 2.24) is 0 Å². The lowest BCUT2D eigenvalue weighted by Gasteiger charge is -2.13. The molecule has 42 heavy (non-hydrogen) atoms. The van der Waals surface area contributed by atoms with Gasteiger partial charge in [0.25, 0.3) is 11.4 Å². The van der Waals surface area contributed by atoms with Crippen LogP contribution in [-0.2, 0) is 0 Å². The maximum atomic E-state index is 10.2. The number of nitriles is 4. The molecule has 0 radical (unpaired) electrons. The summed E-state index contributed by atoms with van der Waals surface area (Å²) < 4.78 is 0. The highest BCUT2D eigenvalue weighted by molar-refractivity contribution is 5.99. The second kappa shape index (κ2) is 11.9. The fraction of sp³-hybridized carbons (Fsp3) is 0. The standard InChI is InChI=1S/C34H12N8/c1-39-25-10-6-9-23(16-25)32-33(30(20-38)41-3)26-13-14-28(29(19-37)40-2)31(22-8-5-7-21(15-22)17-35)24(18-36)11-12-27(26)34(32)42-4/h5-16H/b12-11+,14-13+,29-28+,31-24+,33-30-. The van der Waals surface area contributed by atoms with E-state index in [9.17, 15) is 21.0 Å². The van der Waals surface area contributed by atoms with E-state index in [2.05, 4.69) is 25.4 Å². The monoisotopic (exact) mass is 532 g/mol. The number of nitrogens with zero attached hydrogens (tertiary/aromatic N) is 8. The summed E-state index contributed by atoms with van der Waals surface area (Å²) in [6.07, 6.45) is 5.93. The summed E-state index contributed by atoms with van der Waals surface area (Å²) in [5.41, 5.74) is 2.37. The van der Waals surface area contributed by atoms with Crippen molar-refractivity contribution in [3.63, 3.8) is 0 Å². The SMILES string of the molecule is [C-]#[N+]C1=C(c2cccc([N+]#[C-])c2)/C(=C(/C#N)[N+]#[C-])C2=C1/C=C/C(C#N)=C(c1cccc(C#N)c1)\C(=C(/C#N)[N+]#[C-])\C=C\2. The van der Waals surface area contributed by atoms with Crippen molar-refractivity contribution in [2.24, 2.45) is 0 Å². The number of benzene rings is 2. The zero-order chi connectivity index (χ0) is 30.2. The molecule has 2 aromatic rings. The Morgan fingerprint density at radius 2 is 1.31 bits per heavy atom. The molecule has 188 valence electrons. The first-order valence-corrected chi connectivity index (χ1v) is 11.9. The van der Waals surface area contributed by atoms with Gasteiger partial charge in [-0.2, -0.15) is 10.5 Å². The van der Waals surface area contributed by atoms with Gasteiger partial charge in [-0.25, -0.2) is 29.9 Å². The molecule has 0 unspecified atom stereocenters. The Morgan fingerprint density at radius 3 is 1.90 bits per heavy atom. The van der Waals surface area contributed by atoms with Crippen LogP contribution in [0.25, 0.3) is 30.5 Å². The quantitative estimate of drug-likeness (QED) is 0.293. The van der Waals surface area contributed by atoms with E-state index >= 15 is 0 Å². The Kier molecular flexibility index (Phi) is 7.84. The summed E-state index contributed by atoms with van der Waals surface area (Å²) in [4.78, 5) is 14.0. The third kappa shape index (κ3) is 4.75. The maximum absolute atomic E-state index is 10.2. The van der Waals surface area contributed by atoms with Crippen LogP contribution in [0.15, 0.2) is 118 Å². The minimum absolute atomic E-state index is 0.0545. The zero-order valence-corrected chi connectivity index (χ0v) is 21.5.